The zero-order chi connectivity index (χ0) is 10.6. The van der Waals surface area contributed by atoms with Crippen LogP contribution in [0.15, 0.2) is 15.9 Å². The molecule has 0 aliphatic carbocycles. The summed E-state index contributed by atoms with van der Waals surface area (Å²) in [5.41, 5.74) is 0. The summed E-state index contributed by atoms with van der Waals surface area (Å²) in [7, 11) is 1.58. The number of rotatable bonds is 5. The maximum absolute atomic E-state index is 11.7. The highest BCUT2D eigenvalue weighted by atomic mass is 79.9. The predicted octanol–water partition coefficient (Wildman–Crippen LogP) is 3.05. The van der Waals surface area contributed by atoms with Crippen molar-refractivity contribution in [3.05, 3.63) is 20.8 Å². The van der Waals surface area contributed by atoms with Gasteiger partial charge in [0.2, 0.25) is 0 Å². The van der Waals surface area contributed by atoms with Gasteiger partial charge in [-0.15, -0.1) is 11.3 Å². The first kappa shape index (κ1) is 11.9. The molecule has 14 heavy (non-hydrogen) atoms. The Balaban J connectivity index is 2.56. The number of hydrogen-bond donors (Lipinski definition) is 0. The van der Waals surface area contributed by atoms with Crippen LogP contribution in [0.1, 0.15) is 18.2 Å². The summed E-state index contributed by atoms with van der Waals surface area (Å²) in [5.74, 6) is 0.157. The summed E-state index contributed by atoms with van der Waals surface area (Å²) in [6.07, 6.45) is 0.959. The van der Waals surface area contributed by atoms with Crippen LogP contribution in [0.25, 0.3) is 0 Å². The third-order valence-electron chi connectivity index (χ3n) is 1.98. The Morgan fingerprint density at radius 1 is 1.71 bits per heavy atom. The molecule has 1 unspecified atom stereocenters. The Kier molecular flexibility index (Phi) is 4.78. The number of carbonyl (C=O) groups excluding carboxylic acids is 1. The average Bonchev–Trinajstić information content (AvgIpc) is 2.53. The van der Waals surface area contributed by atoms with Gasteiger partial charge in [0.1, 0.15) is 6.10 Å². The highest BCUT2D eigenvalue weighted by Crippen LogP contribution is 2.21. The average molecular weight is 277 g/mol. The minimum absolute atomic E-state index is 0.157. The van der Waals surface area contributed by atoms with E-state index in [0.29, 0.717) is 6.42 Å². The lowest BCUT2D eigenvalue weighted by molar-refractivity contribution is -0.128. The molecule has 1 aromatic heterocycles. The van der Waals surface area contributed by atoms with Gasteiger partial charge in [0.05, 0.1) is 0 Å². The summed E-state index contributed by atoms with van der Waals surface area (Å²) in [4.78, 5) is 12.7. The molecule has 4 heteroatoms. The lowest BCUT2D eigenvalue weighted by atomic mass is 10.1. The standard InChI is InChI=1S/C10H13BrO2S/c1-3-10(13-2)9(12)5-8-4-7(11)6-14-8/h4,6,10H,3,5H2,1-2H3. The maximum atomic E-state index is 11.7. The summed E-state index contributed by atoms with van der Waals surface area (Å²) in [5, 5.41) is 1.98. The lowest BCUT2D eigenvalue weighted by Gasteiger charge is -2.10. The first-order chi connectivity index (χ1) is 6.67. The first-order valence-corrected chi connectivity index (χ1v) is 6.13. The van der Waals surface area contributed by atoms with Gasteiger partial charge in [-0.3, -0.25) is 4.79 Å². The Hall–Kier alpha value is -0.190. The molecule has 0 saturated heterocycles. The molecule has 1 aromatic rings. The van der Waals surface area contributed by atoms with Crippen molar-refractivity contribution in [3.63, 3.8) is 0 Å². The third kappa shape index (κ3) is 3.19. The molecule has 0 aliphatic rings. The number of Topliss-reactive ketones (excluding diaryl/α,β-unsaturated/α-hetero) is 1. The van der Waals surface area contributed by atoms with Crippen molar-refractivity contribution in [1.29, 1.82) is 0 Å². The number of methoxy groups -OCH3 is 1. The van der Waals surface area contributed by atoms with Crippen molar-refractivity contribution in [1.82, 2.24) is 0 Å². The predicted molar refractivity (Wildman–Crippen MR) is 61.8 cm³/mol. The molecule has 0 aromatic carbocycles. The molecule has 0 amide bonds. The maximum Gasteiger partial charge on any atom is 0.166 e. The molecule has 1 heterocycles. The molecule has 0 bridgehead atoms. The van der Waals surface area contributed by atoms with Crippen molar-refractivity contribution in [2.75, 3.05) is 7.11 Å². The molecule has 0 spiro atoms. The van der Waals surface area contributed by atoms with E-state index in [-0.39, 0.29) is 11.9 Å². The molecule has 0 N–H and O–H groups in total. The first-order valence-electron chi connectivity index (χ1n) is 4.45. The molecule has 0 saturated carbocycles. The van der Waals surface area contributed by atoms with Crippen LogP contribution in [0.3, 0.4) is 0 Å². The lowest BCUT2D eigenvalue weighted by Crippen LogP contribution is -2.23. The van der Waals surface area contributed by atoms with Gasteiger partial charge in [0, 0.05) is 28.3 Å². The molecule has 78 valence electrons. The van der Waals surface area contributed by atoms with Crippen LogP contribution in [0, 0.1) is 0 Å². The molecule has 1 rings (SSSR count). The largest absolute Gasteiger partial charge is 0.374 e. The van der Waals surface area contributed by atoms with Crippen LogP contribution in [0.2, 0.25) is 0 Å². The molecule has 0 aliphatic heterocycles. The van der Waals surface area contributed by atoms with Crippen molar-refractivity contribution < 1.29 is 9.53 Å². The van der Waals surface area contributed by atoms with E-state index in [2.05, 4.69) is 15.9 Å². The summed E-state index contributed by atoms with van der Waals surface area (Å²) in [6.45, 7) is 1.95. The molecule has 0 fully saturated rings. The van der Waals surface area contributed by atoms with Crippen molar-refractivity contribution >= 4 is 33.0 Å². The zero-order valence-electron chi connectivity index (χ0n) is 8.25. The zero-order valence-corrected chi connectivity index (χ0v) is 10.7. The van der Waals surface area contributed by atoms with Crippen LogP contribution in [0.5, 0.6) is 0 Å². The quantitative estimate of drug-likeness (QED) is 0.826. The molecule has 1 atom stereocenters. The van der Waals surface area contributed by atoms with E-state index >= 15 is 0 Å². The van der Waals surface area contributed by atoms with Gasteiger partial charge < -0.3 is 4.74 Å². The molecular formula is C10H13BrO2S. The second kappa shape index (κ2) is 5.63. The van der Waals surface area contributed by atoms with Crippen LogP contribution in [-0.2, 0) is 16.0 Å². The van der Waals surface area contributed by atoms with E-state index in [9.17, 15) is 4.79 Å². The fourth-order valence-electron chi connectivity index (χ4n) is 1.26. The fraction of sp³-hybridized carbons (Fsp3) is 0.500. The van der Waals surface area contributed by atoms with Gasteiger partial charge in [-0.2, -0.15) is 0 Å². The van der Waals surface area contributed by atoms with E-state index in [1.807, 2.05) is 18.4 Å². The summed E-state index contributed by atoms with van der Waals surface area (Å²) >= 11 is 4.95. The van der Waals surface area contributed by atoms with Gasteiger partial charge in [-0.05, 0) is 28.4 Å². The SMILES string of the molecule is CCC(OC)C(=O)Cc1cc(Br)cs1. The highest BCUT2D eigenvalue weighted by Gasteiger charge is 2.16. The Morgan fingerprint density at radius 3 is 2.86 bits per heavy atom. The fourth-order valence-corrected chi connectivity index (χ4v) is 2.72. The second-order valence-corrected chi connectivity index (χ2v) is 4.92. The minimum Gasteiger partial charge on any atom is -0.374 e. The number of ketones is 1. The Morgan fingerprint density at radius 2 is 2.43 bits per heavy atom. The minimum atomic E-state index is -0.254. The van der Waals surface area contributed by atoms with Gasteiger partial charge in [-0.25, -0.2) is 0 Å². The molecule has 0 radical (unpaired) electrons. The van der Waals surface area contributed by atoms with E-state index in [1.54, 1.807) is 18.4 Å². The van der Waals surface area contributed by atoms with Crippen molar-refractivity contribution in [3.8, 4) is 0 Å². The summed E-state index contributed by atoms with van der Waals surface area (Å²) in [6, 6.07) is 1.98. The van der Waals surface area contributed by atoms with Crippen LogP contribution < -0.4 is 0 Å². The van der Waals surface area contributed by atoms with E-state index < -0.39 is 0 Å². The number of carbonyl (C=O) groups is 1. The topological polar surface area (TPSA) is 26.3 Å². The smallest absolute Gasteiger partial charge is 0.166 e. The van der Waals surface area contributed by atoms with Gasteiger partial charge in [0.15, 0.2) is 5.78 Å². The van der Waals surface area contributed by atoms with Gasteiger partial charge in [0.25, 0.3) is 0 Å². The molecular weight excluding hydrogens is 264 g/mol. The number of halogens is 1. The van der Waals surface area contributed by atoms with E-state index in [4.69, 9.17) is 4.74 Å². The number of hydrogen-bond acceptors (Lipinski definition) is 3. The Bertz CT molecular complexity index is 305. The van der Waals surface area contributed by atoms with Crippen LogP contribution in [0.4, 0.5) is 0 Å². The third-order valence-corrected chi connectivity index (χ3v) is 3.68. The number of thiophene rings is 1. The van der Waals surface area contributed by atoms with Gasteiger partial charge >= 0.3 is 0 Å². The monoisotopic (exact) mass is 276 g/mol. The van der Waals surface area contributed by atoms with Crippen LogP contribution in [-0.4, -0.2) is 19.0 Å². The highest BCUT2D eigenvalue weighted by molar-refractivity contribution is 9.10. The van der Waals surface area contributed by atoms with Crippen molar-refractivity contribution in [2.45, 2.75) is 25.9 Å². The molecule has 2 nitrogen and oxygen atoms in total. The second-order valence-electron chi connectivity index (χ2n) is 3.01. The normalized spacial score (nSPS) is 12.8. The Labute approximate surface area is 96.4 Å². The summed E-state index contributed by atoms with van der Waals surface area (Å²) < 4.78 is 6.12. The number of ether oxygens (including phenoxy) is 1. The van der Waals surface area contributed by atoms with Crippen LogP contribution >= 0.6 is 27.3 Å². The van der Waals surface area contributed by atoms with Gasteiger partial charge in [-0.1, -0.05) is 6.92 Å². The van der Waals surface area contributed by atoms with E-state index in [0.717, 1.165) is 15.8 Å². The van der Waals surface area contributed by atoms with E-state index in [1.165, 1.54) is 0 Å². The van der Waals surface area contributed by atoms with Crippen molar-refractivity contribution in [2.24, 2.45) is 0 Å².